The molecule has 22 heavy (non-hydrogen) atoms. The van der Waals surface area contributed by atoms with E-state index in [1.165, 1.54) is 4.31 Å². The zero-order valence-electron chi connectivity index (χ0n) is 12.6. The van der Waals surface area contributed by atoms with E-state index in [1.54, 1.807) is 25.1 Å². The molecule has 0 bridgehead atoms. The highest BCUT2D eigenvalue weighted by Crippen LogP contribution is 2.33. The van der Waals surface area contributed by atoms with E-state index in [0.29, 0.717) is 29.3 Å². The average Bonchev–Trinajstić information content (AvgIpc) is 2.85. The van der Waals surface area contributed by atoms with Crippen molar-refractivity contribution in [1.29, 1.82) is 0 Å². The third-order valence-electron chi connectivity index (χ3n) is 4.22. The number of fused-ring (bicyclic) bond motifs is 1. The monoisotopic (exact) mass is 342 g/mol. The van der Waals surface area contributed by atoms with Crippen LogP contribution in [0.5, 0.6) is 0 Å². The van der Waals surface area contributed by atoms with Gasteiger partial charge in [-0.2, -0.15) is 4.31 Å². The number of likely N-dealkylation sites (N-methyl/N-ethyl adjacent to an activating group) is 1. The molecule has 0 saturated carbocycles. The Morgan fingerprint density at radius 2 is 2.18 bits per heavy atom. The highest BCUT2D eigenvalue weighted by molar-refractivity contribution is 7.89. The lowest BCUT2D eigenvalue weighted by molar-refractivity contribution is 0.286. The number of piperidine rings is 1. The Hall–Kier alpha value is -1.08. The summed E-state index contributed by atoms with van der Waals surface area (Å²) in [5.41, 5.74) is 1.16. The third kappa shape index (κ3) is 2.65. The van der Waals surface area contributed by atoms with Crippen LogP contribution in [-0.2, 0) is 10.0 Å². The molecule has 120 valence electrons. The standard InChI is InChI=1S/C15H19ClN2O3S/c1-10-13-8-11(16)5-6-14(13)21-15(10)22(19,20)18-7-3-4-12(9-18)17-2/h5-6,8,12,17H,3-4,7,9H2,1-2H3. The SMILES string of the molecule is CNC1CCCN(S(=O)(=O)c2oc3ccc(Cl)cc3c2C)C1. The largest absolute Gasteiger partial charge is 0.443 e. The lowest BCUT2D eigenvalue weighted by Gasteiger charge is -2.31. The molecular formula is C15H19ClN2O3S. The molecule has 0 spiro atoms. The van der Waals surface area contributed by atoms with Crippen molar-refractivity contribution in [3.05, 3.63) is 28.8 Å². The summed E-state index contributed by atoms with van der Waals surface area (Å²) in [6, 6.07) is 5.32. The van der Waals surface area contributed by atoms with Crippen LogP contribution in [0.15, 0.2) is 27.7 Å². The Balaban J connectivity index is 2.03. The number of hydrogen-bond acceptors (Lipinski definition) is 4. The van der Waals surface area contributed by atoms with Gasteiger partial charge in [-0.05, 0) is 45.0 Å². The minimum Gasteiger partial charge on any atom is -0.443 e. The second kappa shape index (κ2) is 5.85. The fourth-order valence-electron chi connectivity index (χ4n) is 2.93. The number of halogens is 1. The first-order valence-electron chi connectivity index (χ1n) is 7.29. The van der Waals surface area contributed by atoms with Gasteiger partial charge in [0.05, 0.1) is 0 Å². The van der Waals surface area contributed by atoms with E-state index in [2.05, 4.69) is 5.32 Å². The predicted octanol–water partition coefficient (Wildman–Crippen LogP) is 2.77. The van der Waals surface area contributed by atoms with Gasteiger partial charge in [-0.3, -0.25) is 0 Å². The van der Waals surface area contributed by atoms with Crippen molar-refractivity contribution in [2.24, 2.45) is 0 Å². The molecule has 1 N–H and O–H groups in total. The molecule has 1 fully saturated rings. The highest BCUT2D eigenvalue weighted by Gasteiger charge is 2.34. The van der Waals surface area contributed by atoms with Gasteiger partial charge < -0.3 is 9.73 Å². The molecule has 0 amide bonds. The summed E-state index contributed by atoms with van der Waals surface area (Å²) in [4.78, 5) is 0. The number of benzene rings is 1. The molecule has 3 rings (SSSR count). The van der Waals surface area contributed by atoms with Crippen LogP contribution >= 0.6 is 11.6 Å². The van der Waals surface area contributed by atoms with Crippen LogP contribution in [-0.4, -0.2) is 38.9 Å². The molecule has 2 heterocycles. The maximum Gasteiger partial charge on any atom is 0.276 e. The van der Waals surface area contributed by atoms with Gasteiger partial charge in [-0.1, -0.05) is 11.6 Å². The fraction of sp³-hybridized carbons (Fsp3) is 0.467. The molecule has 1 aromatic carbocycles. The highest BCUT2D eigenvalue weighted by atomic mass is 35.5. The van der Waals surface area contributed by atoms with E-state index >= 15 is 0 Å². The van der Waals surface area contributed by atoms with Crippen LogP contribution in [0, 0.1) is 6.92 Å². The quantitative estimate of drug-likeness (QED) is 0.931. The Kier molecular flexibility index (Phi) is 4.20. The Morgan fingerprint density at radius 1 is 1.41 bits per heavy atom. The van der Waals surface area contributed by atoms with Gasteiger partial charge in [0.25, 0.3) is 10.0 Å². The first-order chi connectivity index (χ1) is 10.4. The van der Waals surface area contributed by atoms with Crippen molar-refractivity contribution in [3.63, 3.8) is 0 Å². The first-order valence-corrected chi connectivity index (χ1v) is 9.11. The minimum absolute atomic E-state index is 0.0292. The van der Waals surface area contributed by atoms with E-state index in [0.717, 1.165) is 18.2 Å². The lowest BCUT2D eigenvalue weighted by atomic mass is 10.1. The Bertz CT molecular complexity index is 800. The number of rotatable bonds is 3. The molecule has 0 aliphatic carbocycles. The molecule has 1 saturated heterocycles. The van der Waals surface area contributed by atoms with Crippen molar-refractivity contribution < 1.29 is 12.8 Å². The number of nitrogens with one attached hydrogen (secondary N) is 1. The lowest BCUT2D eigenvalue weighted by Crippen LogP contribution is -2.46. The maximum absolute atomic E-state index is 12.9. The van der Waals surface area contributed by atoms with E-state index in [1.807, 2.05) is 7.05 Å². The average molecular weight is 343 g/mol. The zero-order valence-corrected chi connectivity index (χ0v) is 14.2. The molecule has 1 aromatic heterocycles. The summed E-state index contributed by atoms with van der Waals surface area (Å²) in [5.74, 6) is 0. The molecule has 1 atom stereocenters. The summed E-state index contributed by atoms with van der Waals surface area (Å²) in [6.07, 6.45) is 1.83. The third-order valence-corrected chi connectivity index (χ3v) is 6.33. The van der Waals surface area contributed by atoms with Crippen LogP contribution in [0.4, 0.5) is 0 Å². The van der Waals surface area contributed by atoms with E-state index in [4.69, 9.17) is 16.0 Å². The molecule has 7 heteroatoms. The molecule has 1 aliphatic heterocycles. The summed E-state index contributed by atoms with van der Waals surface area (Å²) in [5, 5.41) is 4.49. The van der Waals surface area contributed by atoms with Gasteiger partial charge in [-0.15, -0.1) is 0 Å². The van der Waals surface area contributed by atoms with Crippen molar-refractivity contribution >= 4 is 32.6 Å². The van der Waals surface area contributed by atoms with Gasteiger partial charge in [0.1, 0.15) is 5.58 Å². The van der Waals surface area contributed by atoms with Crippen molar-refractivity contribution in [3.8, 4) is 0 Å². The molecule has 2 aromatic rings. The number of hydrogen-bond donors (Lipinski definition) is 1. The Morgan fingerprint density at radius 3 is 2.91 bits per heavy atom. The number of sulfonamides is 1. The van der Waals surface area contributed by atoms with Crippen LogP contribution in [0.3, 0.4) is 0 Å². The topological polar surface area (TPSA) is 62.6 Å². The number of aryl methyl sites for hydroxylation is 1. The van der Waals surface area contributed by atoms with E-state index < -0.39 is 10.0 Å². The molecular weight excluding hydrogens is 324 g/mol. The second-order valence-electron chi connectivity index (χ2n) is 5.65. The number of furan rings is 1. The van der Waals surface area contributed by atoms with Gasteiger partial charge in [0.15, 0.2) is 0 Å². The normalized spacial score (nSPS) is 20.6. The number of nitrogens with zero attached hydrogens (tertiary/aromatic N) is 1. The van der Waals surface area contributed by atoms with Gasteiger partial charge in [0, 0.05) is 35.1 Å². The first kappa shape index (κ1) is 15.8. The minimum atomic E-state index is -3.63. The van der Waals surface area contributed by atoms with Crippen molar-refractivity contribution in [1.82, 2.24) is 9.62 Å². The zero-order chi connectivity index (χ0) is 15.9. The van der Waals surface area contributed by atoms with Crippen molar-refractivity contribution in [2.45, 2.75) is 30.9 Å². The fourth-order valence-corrected chi connectivity index (χ4v) is 4.77. The van der Waals surface area contributed by atoms with Crippen LogP contribution in [0.2, 0.25) is 5.02 Å². The smallest absolute Gasteiger partial charge is 0.276 e. The predicted molar refractivity (Wildman–Crippen MR) is 86.8 cm³/mol. The summed E-state index contributed by atoms with van der Waals surface area (Å²) in [6.45, 7) is 2.75. The summed E-state index contributed by atoms with van der Waals surface area (Å²) < 4.78 is 32.9. The molecule has 5 nitrogen and oxygen atoms in total. The Labute approximate surface area is 135 Å². The summed E-state index contributed by atoms with van der Waals surface area (Å²) in [7, 11) is -1.77. The maximum atomic E-state index is 12.9. The van der Waals surface area contributed by atoms with Gasteiger partial charge in [-0.25, -0.2) is 8.42 Å². The molecule has 0 radical (unpaired) electrons. The second-order valence-corrected chi connectivity index (χ2v) is 7.92. The molecule has 1 aliphatic rings. The van der Waals surface area contributed by atoms with Crippen LogP contribution in [0.1, 0.15) is 18.4 Å². The van der Waals surface area contributed by atoms with Gasteiger partial charge >= 0.3 is 0 Å². The summed E-state index contributed by atoms with van der Waals surface area (Å²) >= 11 is 5.99. The van der Waals surface area contributed by atoms with Crippen LogP contribution in [0.25, 0.3) is 11.0 Å². The van der Waals surface area contributed by atoms with Crippen molar-refractivity contribution in [2.75, 3.05) is 20.1 Å². The van der Waals surface area contributed by atoms with E-state index in [9.17, 15) is 8.42 Å². The molecule has 1 unspecified atom stereocenters. The van der Waals surface area contributed by atoms with Gasteiger partial charge in [0.2, 0.25) is 5.09 Å². The van der Waals surface area contributed by atoms with Crippen LogP contribution < -0.4 is 5.32 Å². The van der Waals surface area contributed by atoms with E-state index in [-0.39, 0.29) is 11.1 Å².